The number of hydrogen-bond acceptors (Lipinski definition) is 4. The summed E-state index contributed by atoms with van der Waals surface area (Å²) in [6.07, 6.45) is 5.69. The highest BCUT2D eigenvalue weighted by atomic mass is 35.5. The summed E-state index contributed by atoms with van der Waals surface area (Å²) in [5.41, 5.74) is 2.88. The number of hydrogen-bond donors (Lipinski definition) is 0. The van der Waals surface area contributed by atoms with Crippen molar-refractivity contribution in [3.63, 3.8) is 0 Å². The number of thioether (sulfide) groups is 1. The topological polar surface area (TPSA) is 48.0 Å². The van der Waals surface area contributed by atoms with Crippen molar-refractivity contribution in [2.24, 2.45) is 0 Å². The summed E-state index contributed by atoms with van der Waals surface area (Å²) in [5, 5.41) is 10.3. The summed E-state index contributed by atoms with van der Waals surface area (Å²) in [5.74, 6) is 1.54. The number of rotatable bonds is 6. The minimum Gasteiger partial charge on any atom is -0.305 e. The summed E-state index contributed by atoms with van der Waals surface area (Å²) < 4.78 is 4.00. The van der Waals surface area contributed by atoms with E-state index in [1.165, 1.54) is 0 Å². The third-order valence-corrected chi connectivity index (χ3v) is 5.10. The van der Waals surface area contributed by atoms with Crippen LogP contribution >= 0.6 is 23.4 Å². The van der Waals surface area contributed by atoms with Gasteiger partial charge >= 0.3 is 0 Å². The summed E-state index contributed by atoms with van der Waals surface area (Å²) in [6, 6.07) is 13.8. The molecule has 0 aliphatic rings. The van der Waals surface area contributed by atoms with Crippen molar-refractivity contribution in [2.75, 3.05) is 0 Å². The predicted octanol–water partition coefficient (Wildman–Crippen LogP) is 4.72. The first-order chi connectivity index (χ1) is 12.7. The molecule has 1 aromatic carbocycles. The molecule has 7 heteroatoms. The van der Waals surface area contributed by atoms with Gasteiger partial charge in [-0.1, -0.05) is 59.8 Å². The van der Waals surface area contributed by atoms with E-state index in [0.717, 1.165) is 27.9 Å². The molecule has 26 heavy (non-hydrogen) atoms. The predicted molar refractivity (Wildman–Crippen MR) is 105 cm³/mol. The number of imidazole rings is 1. The van der Waals surface area contributed by atoms with Gasteiger partial charge in [0.05, 0.1) is 10.7 Å². The highest BCUT2D eigenvalue weighted by molar-refractivity contribution is 7.98. The molecule has 4 rings (SSSR count). The van der Waals surface area contributed by atoms with Crippen molar-refractivity contribution in [3.05, 3.63) is 78.2 Å². The first-order valence-electron chi connectivity index (χ1n) is 8.10. The molecule has 3 heterocycles. The molecule has 4 aromatic rings. The molecule has 3 aromatic heterocycles. The third-order valence-electron chi connectivity index (χ3n) is 3.87. The first kappa shape index (κ1) is 16.9. The largest absolute Gasteiger partial charge is 0.305 e. The van der Waals surface area contributed by atoms with E-state index in [1.54, 1.807) is 11.8 Å². The second-order valence-electron chi connectivity index (χ2n) is 5.71. The quantitative estimate of drug-likeness (QED) is 0.358. The Morgan fingerprint density at radius 3 is 2.73 bits per heavy atom. The Morgan fingerprint density at radius 1 is 1.08 bits per heavy atom. The maximum absolute atomic E-state index is 6.03. The van der Waals surface area contributed by atoms with E-state index in [2.05, 4.69) is 26.3 Å². The fraction of sp³-hybridized carbons (Fsp3) is 0.105. The SMILES string of the molecule is C=CCn1c(SCc2cn3cc(Cl)ccc3n2)nnc1-c1ccccc1. The fourth-order valence-electron chi connectivity index (χ4n) is 2.72. The number of nitrogens with zero attached hydrogens (tertiary/aromatic N) is 5. The van der Waals surface area contributed by atoms with E-state index in [0.29, 0.717) is 17.3 Å². The molecule has 0 amide bonds. The van der Waals surface area contributed by atoms with Gasteiger partial charge in [0, 0.05) is 30.3 Å². The summed E-state index contributed by atoms with van der Waals surface area (Å²) in [6.45, 7) is 4.51. The molecular formula is C19H16ClN5S. The van der Waals surface area contributed by atoms with Gasteiger partial charge < -0.3 is 4.40 Å². The molecular weight excluding hydrogens is 366 g/mol. The Kier molecular flexibility index (Phi) is 4.77. The molecule has 5 nitrogen and oxygen atoms in total. The molecule has 130 valence electrons. The van der Waals surface area contributed by atoms with Crippen molar-refractivity contribution in [1.82, 2.24) is 24.1 Å². The lowest BCUT2D eigenvalue weighted by molar-refractivity contribution is 0.731. The number of benzene rings is 1. The monoisotopic (exact) mass is 381 g/mol. The Labute approximate surface area is 160 Å². The zero-order valence-electron chi connectivity index (χ0n) is 13.9. The smallest absolute Gasteiger partial charge is 0.192 e. The van der Waals surface area contributed by atoms with Crippen molar-refractivity contribution in [3.8, 4) is 11.4 Å². The second kappa shape index (κ2) is 7.35. The molecule has 0 N–H and O–H groups in total. The Balaban J connectivity index is 1.59. The highest BCUT2D eigenvalue weighted by Gasteiger charge is 2.14. The minimum atomic E-state index is 0.653. The van der Waals surface area contributed by atoms with Gasteiger partial charge in [-0.2, -0.15) is 0 Å². The minimum absolute atomic E-state index is 0.653. The number of fused-ring (bicyclic) bond motifs is 1. The molecule has 0 atom stereocenters. The molecule has 0 saturated heterocycles. The molecule has 0 aliphatic carbocycles. The Hall–Kier alpha value is -2.57. The van der Waals surface area contributed by atoms with Crippen LogP contribution in [-0.2, 0) is 12.3 Å². The lowest BCUT2D eigenvalue weighted by Gasteiger charge is -2.07. The van der Waals surface area contributed by atoms with Gasteiger partial charge in [0.25, 0.3) is 0 Å². The molecule has 0 unspecified atom stereocenters. The van der Waals surface area contributed by atoms with Gasteiger partial charge in [-0.15, -0.1) is 16.8 Å². The van der Waals surface area contributed by atoms with E-state index in [9.17, 15) is 0 Å². The lowest BCUT2D eigenvalue weighted by Crippen LogP contribution is -2.00. The summed E-state index contributed by atoms with van der Waals surface area (Å²) in [4.78, 5) is 4.62. The van der Waals surface area contributed by atoms with Crippen LogP contribution in [0.3, 0.4) is 0 Å². The van der Waals surface area contributed by atoms with Crippen molar-refractivity contribution >= 4 is 29.0 Å². The fourth-order valence-corrected chi connectivity index (χ4v) is 3.71. The molecule has 0 spiro atoms. The van der Waals surface area contributed by atoms with Crippen LogP contribution in [0, 0.1) is 0 Å². The summed E-state index contributed by atoms with van der Waals surface area (Å²) >= 11 is 7.64. The van der Waals surface area contributed by atoms with Crippen molar-refractivity contribution in [1.29, 1.82) is 0 Å². The molecule has 0 saturated carbocycles. The van der Waals surface area contributed by atoms with Crippen LogP contribution in [0.5, 0.6) is 0 Å². The average molecular weight is 382 g/mol. The maximum Gasteiger partial charge on any atom is 0.192 e. The molecule has 0 fully saturated rings. The van der Waals surface area contributed by atoms with Crippen LogP contribution < -0.4 is 0 Å². The van der Waals surface area contributed by atoms with Crippen LogP contribution in [0.25, 0.3) is 17.0 Å². The van der Waals surface area contributed by atoms with Crippen LogP contribution in [0.2, 0.25) is 5.02 Å². The zero-order valence-corrected chi connectivity index (χ0v) is 15.5. The van der Waals surface area contributed by atoms with Gasteiger partial charge in [0.1, 0.15) is 5.65 Å². The highest BCUT2D eigenvalue weighted by Crippen LogP contribution is 2.26. The Morgan fingerprint density at radius 2 is 1.92 bits per heavy atom. The summed E-state index contributed by atoms with van der Waals surface area (Å²) in [7, 11) is 0. The van der Waals surface area contributed by atoms with Gasteiger partial charge in [-0.05, 0) is 12.1 Å². The molecule has 0 radical (unpaired) electrons. The number of aromatic nitrogens is 5. The van der Waals surface area contributed by atoms with Crippen molar-refractivity contribution in [2.45, 2.75) is 17.5 Å². The van der Waals surface area contributed by atoms with E-state index in [-0.39, 0.29) is 0 Å². The van der Waals surface area contributed by atoms with E-state index in [4.69, 9.17) is 11.6 Å². The third kappa shape index (κ3) is 3.38. The van der Waals surface area contributed by atoms with Gasteiger partial charge in [0.15, 0.2) is 11.0 Å². The van der Waals surface area contributed by atoms with Gasteiger partial charge in [0.2, 0.25) is 0 Å². The van der Waals surface area contributed by atoms with Gasteiger partial charge in [-0.3, -0.25) is 4.57 Å². The Bertz CT molecular complexity index is 1050. The number of halogens is 1. The van der Waals surface area contributed by atoms with Crippen LogP contribution in [0.15, 0.2) is 72.7 Å². The van der Waals surface area contributed by atoms with Crippen LogP contribution in [0.4, 0.5) is 0 Å². The number of pyridine rings is 1. The van der Waals surface area contributed by atoms with E-state index < -0.39 is 0 Å². The molecule has 0 bridgehead atoms. The molecule has 0 aliphatic heterocycles. The standard InChI is InChI=1S/C19H16ClN5S/c1-2-10-25-18(14-6-4-3-5-7-14)22-23-19(25)26-13-16-12-24-11-15(20)8-9-17(24)21-16/h2-9,11-12H,1,10,13H2. The van der Waals surface area contributed by atoms with E-state index in [1.807, 2.05) is 65.3 Å². The second-order valence-corrected chi connectivity index (χ2v) is 7.08. The normalized spacial score (nSPS) is 11.1. The maximum atomic E-state index is 6.03. The van der Waals surface area contributed by atoms with Gasteiger partial charge in [-0.25, -0.2) is 4.98 Å². The number of allylic oxidation sites excluding steroid dienone is 1. The van der Waals surface area contributed by atoms with E-state index >= 15 is 0 Å². The lowest BCUT2D eigenvalue weighted by atomic mass is 10.2. The van der Waals surface area contributed by atoms with Crippen LogP contribution in [0.1, 0.15) is 5.69 Å². The zero-order chi connectivity index (χ0) is 17.9. The first-order valence-corrected chi connectivity index (χ1v) is 9.46. The average Bonchev–Trinajstić information content (AvgIpc) is 3.24. The van der Waals surface area contributed by atoms with Crippen LogP contribution in [-0.4, -0.2) is 24.1 Å². The van der Waals surface area contributed by atoms with Crippen molar-refractivity contribution < 1.29 is 0 Å².